The molecule has 3 atom stereocenters. The van der Waals surface area contributed by atoms with Gasteiger partial charge in [0.05, 0.1) is 0 Å². The van der Waals surface area contributed by atoms with Crippen LogP contribution >= 0.6 is 0 Å². The number of alkyl halides is 2. The first-order chi connectivity index (χ1) is 12.5. The lowest BCUT2D eigenvalue weighted by atomic mass is 9.84. The number of carbonyl (C=O) groups is 1. The number of hydrogen-bond acceptors (Lipinski definition) is 5. The summed E-state index contributed by atoms with van der Waals surface area (Å²) in [4.78, 5) is 13.7. The molecule has 0 bridgehead atoms. The highest BCUT2D eigenvalue weighted by Gasteiger charge is 2.45. The van der Waals surface area contributed by atoms with Gasteiger partial charge in [0.2, 0.25) is 6.79 Å². The van der Waals surface area contributed by atoms with E-state index in [1.54, 1.807) is 6.07 Å². The Morgan fingerprint density at radius 2 is 2.00 bits per heavy atom. The summed E-state index contributed by atoms with van der Waals surface area (Å²) in [5.41, 5.74) is 0.493. The molecule has 1 saturated heterocycles. The first-order valence-corrected chi connectivity index (χ1v) is 8.89. The van der Waals surface area contributed by atoms with Crippen LogP contribution in [0.4, 0.5) is 8.78 Å². The number of carboxylic acid groups (broad SMARTS) is 1. The van der Waals surface area contributed by atoms with Gasteiger partial charge in [-0.25, -0.2) is 0 Å². The van der Waals surface area contributed by atoms with Crippen LogP contribution in [0.1, 0.15) is 37.7 Å². The zero-order valence-corrected chi connectivity index (χ0v) is 14.2. The van der Waals surface area contributed by atoms with Crippen molar-refractivity contribution in [2.75, 3.05) is 6.79 Å². The van der Waals surface area contributed by atoms with Crippen LogP contribution in [0.5, 0.6) is 17.2 Å². The molecule has 142 valence electrons. The van der Waals surface area contributed by atoms with E-state index in [1.807, 2.05) is 4.90 Å². The van der Waals surface area contributed by atoms with E-state index in [2.05, 4.69) is 4.74 Å². The van der Waals surface area contributed by atoms with Crippen LogP contribution in [0.2, 0.25) is 0 Å². The highest BCUT2D eigenvalue weighted by Crippen LogP contribution is 2.43. The molecule has 0 amide bonds. The van der Waals surface area contributed by atoms with Gasteiger partial charge in [-0.05, 0) is 31.2 Å². The van der Waals surface area contributed by atoms with Gasteiger partial charge in [0.15, 0.2) is 11.5 Å². The molecular formula is C18H21F2NO5. The average Bonchev–Trinajstić information content (AvgIpc) is 3.19. The molecule has 2 fully saturated rings. The predicted octanol–water partition coefficient (Wildman–Crippen LogP) is 3.23. The lowest BCUT2D eigenvalue weighted by Gasteiger charge is -2.33. The van der Waals surface area contributed by atoms with Gasteiger partial charge in [-0.15, -0.1) is 0 Å². The number of fused-ring (bicyclic) bond motifs is 2. The van der Waals surface area contributed by atoms with E-state index >= 15 is 0 Å². The lowest BCUT2D eigenvalue weighted by molar-refractivity contribution is -0.143. The highest BCUT2D eigenvalue weighted by molar-refractivity contribution is 5.74. The molecule has 4 rings (SSSR count). The van der Waals surface area contributed by atoms with Crippen LogP contribution < -0.4 is 14.2 Å². The standard InChI is InChI=1S/C18H21F2NO5/c19-18(20)26-14-7-16-15(24-9-25-16)6-11(14)8-21-12-4-2-1-3-10(12)5-13(21)17(22)23/h6-7,10,12-13,18H,1-5,8-9H2,(H,22,23). The number of nitrogens with zero attached hydrogens (tertiary/aromatic N) is 1. The molecule has 1 N–H and O–H groups in total. The lowest BCUT2D eigenvalue weighted by Crippen LogP contribution is -2.41. The van der Waals surface area contributed by atoms with Crippen molar-refractivity contribution in [1.82, 2.24) is 4.90 Å². The summed E-state index contributed by atoms with van der Waals surface area (Å²) in [6.45, 7) is -2.71. The van der Waals surface area contributed by atoms with E-state index < -0.39 is 18.6 Å². The third kappa shape index (κ3) is 3.18. The third-order valence-corrected chi connectivity index (χ3v) is 5.63. The van der Waals surface area contributed by atoms with Gasteiger partial charge in [0, 0.05) is 24.2 Å². The fourth-order valence-corrected chi connectivity index (χ4v) is 4.51. The normalized spacial score (nSPS) is 27.6. The second kappa shape index (κ2) is 6.90. The van der Waals surface area contributed by atoms with Gasteiger partial charge < -0.3 is 19.3 Å². The number of halogens is 2. The SMILES string of the molecule is O=C(O)C1CC2CCCCC2N1Cc1cc2c(cc1OC(F)F)OCO2. The van der Waals surface area contributed by atoms with Crippen molar-refractivity contribution in [3.63, 3.8) is 0 Å². The van der Waals surface area contributed by atoms with E-state index in [9.17, 15) is 18.7 Å². The molecule has 0 radical (unpaired) electrons. The van der Waals surface area contributed by atoms with Gasteiger partial charge in [0.25, 0.3) is 0 Å². The number of aliphatic carboxylic acids is 1. The van der Waals surface area contributed by atoms with Crippen molar-refractivity contribution in [3.8, 4) is 17.2 Å². The fraction of sp³-hybridized carbons (Fsp3) is 0.611. The minimum atomic E-state index is -2.97. The van der Waals surface area contributed by atoms with Gasteiger partial charge in [0.1, 0.15) is 11.8 Å². The summed E-state index contributed by atoms with van der Waals surface area (Å²) in [7, 11) is 0. The number of hydrogen-bond donors (Lipinski definition) is 1. The van der Waals surface area contributed by atoms with Crippen molar-refractivity contribution in [1.29, 1.82) is 0 Å². The molecule has 0 spiro atoms. The highest BCUT2D eigenvalue weighted by atomic mass is 19.3. The first-order valence-electron chi connectivity index (χ1n) is 8.89. The van der Waals surface area contributed by atoms with Crippen LogP contribution in [0.15, 0.2) is 12.1 Å². The molecule has 1 aliphatic carbocycles. The van der Waals surface area contributed by atoms with Crippen LogP contribution in [0.3, 0.4) is 0 Å². The molecule has 2 aliphatic heterocycles. The van der Waals surface area contributed by atoms with E-state index in [4.69, 9.17) is 9.47 Å². The van der Waals surface area contributed by atoms with Gasteiger partial charge in [-0.2, -0.15) is 8.78 Å². The largest absolute Gasteiger partial charge is 0.480 e. The van der Waals surface area contributed by atoms with Crippen LogP contribution in [-0.4, -0.2) is 41.5 Å². The van der Waals surface area contributed by atoms with E-state index in [0.29, 0.717) is 29.4 Å². The molecular weight excluding hydrogens is 348 g/mol. The van der Waals surface area contributed by atoms with Crippen LogP contribution in [0, 0.1) is 5.92 Å². The van der Waals surface area contributed by atoms with Crippen molar-refractivity contribution < 1.29 is 32.9 Å². The quantitative estimate of drug-likeness (QED) is 0.860. The third-order valence-electron chi connectivity index (χ3n) is 5.63. The summed E-state index contributed by atoms with van der Waals surface area (Å²) in [6.07, 6.45) is 4.74. The first kappa shape index (κ1) is 17.3. The molecule has 3 aliphatic rings. The van der Waals surface area contributed by atoms with Crippen molar-refractivity contribution in [3.05, 3.63) is 17.7 Å². The molecule has 1 aromatic rings. The van der Waals surface area contributed by atoms with E-state index in [-0.39, 0.29) is 25.1 Å². The Labute approximate surface area is 149 Å². The summed E-state index contributed by atoms with van der Waals surface area (Å²) in [6, 6.07) is 2.57. The Kier molecular flexibility index (Phi) is 4.60. The summed E-state index contributed by atoms with van der Waals surface area (Å²) >= 11 is 0. The summed E-state index contributed by atoms with van der Waals surface area (Å²) < 4.78 is 40.9. The van der Waals surface area contributed by atoms with Crippen LogP contribution in [0.25, 0.3) is 0 Å². The zero-order chi connectivity index (χ0) is 18.3. The Balaban J connectivity index is 1.65. The number of benzene rings is 1. The molecule has 1 saturated carbocycles. The topological polar surface area (TPSA) is 68.2 Å². The Morgan fingerprint density at radius 1 is 1.27 bits per heavy atom. The average molecular weight is 369 g/mol. The Hall–Kier alpha value is -2.09. The number of likely N-dealkylation sites (tertiary alicyclic amines) is 1. The van der Waals surface area contributed by atoms with E-state index in [1.165, 1.54) is 6.07 Å². The predicted molar refractivity (Wildman–Crippen MR) is 86.5 cm³/mol. The number of carboxylic acids is 1. The van der Waals surface area contributed by atoms with Gasteiger partial charge in [-0.1, -0.05) is 12.8 Å². The molecule has 6 nitrogen and oxygen atoms in total. The molecule has 26 heavy (non-hydrogen) atoms. The maximum absolute atomic E-state index is 12.8. The molecule has 0 aromatic heterocycles. The van der Waals surface area contributed by atoms with E-state index in [0.717, 1.165) is 25.7 Å². The smallest absolute Gasteiger partial charge is 0.387 e. The maximum Gasteiger partial charge on any atom is 0.387 e. The minimum absolute atomic E-state index is 0.00708. The van der Waals surface area contributed by atoms with Crippen molar-refractivity contribution in [2.45, 2.75) is 57.3 Å². The fourth-order valence-electron chi connectivity index (χ4n) is 4.51. The Morgan fingerprint density at radius 3 is 2.73 bits per heavy atom. The zero-order valence-electron chi connectivity index (χ0n) is 14.2. The monoisotopic (exact) mass is 369 g/mol. The summed E-state index contributed by atoms with van der Waals surface area (Å²) in [5.74, 6) is 0.312. The molecule has 2 heterocycles. The number of ether oxygens (including phenoxy) is 3. The molecule has 8 heteroatoms. The molecule has 1 aromatic carbocycles. The van der Waals surface area contributed by atoms with Crippen molar-refractivity contribution in [2.24, 2.45) is 5.92 Å². The number of rotatable bonds is 5. The van der Waals surface area contributed by atoms with Gasteiger partial charge >= 0.3 is 12.6 Å². The van der Waals surface area contributed by atoms with Crippen LogP contribution in [-0.2, 0) is 11.3 Å². The Bertz CT molecular complexity index is 698. The maximum atomic E-state index is 12.8. The second-order valence-corrected chi connectivity index (χ2v) is 7.07. The second-order valence-electron chi connectivity index (χ2n) is 7.07. The molecule has 3 unspecified atom stereocenters. The minimum Gasteiger partial charge on any atom is -0.480 e. The van der Waals surface area contributed by atoms with Crippen molar-refractivity contribution >= 4 is 5.97 Å². The summed E-state index contributed by atoms with van der Waals surface area (Å²) in [5, 5.41) is 9.64. The van der Waals surface area contributed by atoms with Gasteiger partial charge in [-0.3, -0.25) is 9.69 Å².